The molecule has 1 aliphatic heterocycles. The quantitative estimate of drug-likeness (QED) is 0.364. The van der Waals surface area contributed by atoms with Crippen molar-refractivity contribution >= 4 is 29.0 Å². The van der Waals surface area contributed by atoms with Gasteiger partial charge in [-0.05, 0) is 73.7 Å². The van der Waals surface area contributed by atoms with Crippen molar-refractivity contribution in [2.45, 2.75) is 38.5 Å². The average Bonchev–Trinajstić information content (AvgIpc) is 2.92. The second-order valence-electron chi connectivity index (χ2n) is 10.0. The molecule has 0 saturated heterocycles. The summed E-state index contributed by atoms with van der Waals surface area (Å²) in [5.41, 5.74) is 6.28. The van der Waals surface area contributed by atoms with Crippen LogP contribution in [-0.2, 0) is 9.59 Å². The maximum Gasteiger partial charge on any atom is 0.254 e. The molecule has 0 saturated carbocycles. The number of rotatable bonds is 6. The number of nitrogens with one attached hydrogen (secondary N) is 2. The van der Waals surface area contributed by atoms with Gasteiger partial charge in [-0.2, -0.15) is 0 Å². The van der Waals surface area contributed by atoms with E-state index in [1.54, 1.807) is 20.3 Å². The number of hydrogen-bond donors (Lipinski definition) is 2. The van der Waals surface area contributed by atoms with E-state index in [9.17, 15) is 9.59 Å². The molecule has 1 aliphatic carbocycles. The number of hydrogen-bond acceptors (Lipinski definition) is 5. The fourth-order valence-corrected chi connectivity index (χ4v) is 5.74. The molecule has 7 heteroatoms. The Labute approximate surface area is 233 Å². The number of dihydropyridines is 1. The van der Waals surface area contributed by atoms with E-state index in [0.717, 1.165) is 22.4 Å². The highest BCUT2D eigenvalue weighted by molar-refractivity contribution is 6.30. The van der Waals surface area contributed by atoms with Gasteiger partial charge in [0.2, 0.25) is 0 Å². The van der Waals surface area contributed by atoms with Gasteiger partial charge in [0.1, 0.15) is 0 Å². The van der Waals surface area contributed by atoms with Crippen LogP contribution < -0.4 is 20.1 Å². The minimum Gasteiger partial charge on any atom is -0.493 e. The van der Waals surface area contributed by atoms with Gasteiger partial charge in [-0.15, -0.1) is 0 Å². The van der Waals surface area contributed by atoms with Crippen LogP contribution in [0.15, 0.2) is 89.3 Å². The molecular formula is C32H31ClN2O4. The molecule has 0 bridgehead atoms. The first-order valence-corrected chi connectivity index (χ1v) is 13.3. The molecule has 2 aliphatic rings. The van der Waals surface area contributed by atoms with E-state index in [0.29, 0.717) is 51.9 Å². The smallest absolute Gasteiger partial charge is 0.254 e. The van der Waals surface area contributed by atoms with Crippen molar-refractivity contribution in [3.63, 3.8) is 0 Å². The summed E-state index contributed by atoms with van der Waals surface area (Å²) in [6.07, 6.45) is 0.941. The number of allylic oxidation sites excluding steroid dienone is 3. The molecule has 1 heterocycles. The topological polar surface area (TPSA) is 76.7 Å². The monoisotopic (exact) mass is 542 g/mol. The third-order valence-corrected chi connectivity index (χ3v) is 7.68. The Bertz CT molecular complexity index is 1510. The molecule has 1 amide bonds. The Morgan fingerprint density at radius 1 is 0.923 bits per heavy atom. The van der Waals surface area contributed by atoms with Gasteiger partial charge in [0, 0.05) is 45.6 Å². The molecule has 2 atom stereocenters. The van der Waals surface area contributed by atoms with Gasteiger partial charge in [-0.1, -0.05) is 47.5 Å². The highest BCUT2D eigenvalue weighted by atomic mass is 35.5. The maximum absolute atomic E-state index is 13.9. The van der Waals surface area contributed by atoms with Crippen molar-refractivity contribution in [3.8, 4) is 11.5 Å². The molecule has 39 heavy (non-hydrogen) atoms. The van der Waals surface area contributed by atoms with Gasteiger partial charge in [-0.3, -0.25) is 9.59 Å². The lowest BCUT2D eigenvalue weighted by atomic mass is 9.71. The summed E-state index contributed by atoms with van der Waals surface area (Å²) >= 11 is 6.39. The Balaban J connectivity index is 1.54. The van der Waals surface area contributed by atoms with E-state index in [2.05, 4.69) is 10.6 Å². The van der Waals surface area contributed by atoms with Crippen LogP contribution >= 0.6 is 11.6 Å². The zero-order chi connectivity index (χ0) is 27.7. The Kier molecular flexibility index (Phi) is 7.49. The molecule has 0 fully saturated rings. The molecule has 5 rings (SSSR count). The van der Waals surface area contributed by atoms with Crippen LogP contribution in [0.2, 0.25) is 5.02 Å². The predicted molar refractivity (Wildman–Crippen MR) is 153 cm³/mol. The lowest BCUT2D eigenvalue weighted by molar-refractivity contribution is -0.116. The fraction of sp³-hybridized carbons (Fsp3) is 0.250. The summed E-state index contributed by atoms with van der Waals surface area (Å²) in [6.45, 7) is 3.88. The van der Waals surface area contributed by atoms with E-state index in [4.69, 9.17) is 21.1 Å². The molecule has 6 nitrogen and oxygen atoms in total. The molecule has 200 valence electrons. The minimum absolute atomic E-state index is 0.00152. The highest BCUT2D eigenvalue weighted by Crippen LogP contribution is 2.46. The molecule has 0 radical (unpaired) electrons. The van der Waals surface area contributed by atoms with Crippen LogP contribution in [0.4, 0.5) is 5.69 Å². The normalized spacial score (nSPS) is 18.8. The van der Waals surface area contributed by atoms with E-state index in [1.165, 1.54) is 0 Å². The third kappa shape index (κ3) is 5.30. The average molecular weight is 543 g/mol. The van der Waals surface area contributed by atoms with Crippen LogP contribution in [0.25, 0.3) is 0 Å². The second kappa shape index (κ2) is 11.0. The van der Waals surface area contributed by atoms with Crippen molar-refractivity contribution in [2.24, 2.45) is 0 Å². The van der Waals surface area contributed by atoms with Gasteiger partial charge < -0.3 is 20.1 Å². The first-order chi connectivity index (χ1) is 18.8. The number of ether oxygens (including phenoxy) is 2. The van der Waals surface area contributed by atoms with Crippen molar-refractivity contribution < 1.29 is 19.1 Å². The largest absolute Gasteiger partial charge is 0.493 e. The number of halogens is 1. The van der Waals surface area contributed by atoms with Gasteiger partial charge in [0.05, 0.1) is 14.2 Å². The Hall–Kier alpha value is -4.03. The van der Waals surface area contributed by atoms with Gasteiger partial charge in [0.15, 0.2) is 17.3 Å². The van der Waals surface area contributed by atoms with Gasteiger partial charge >= 0.3 is 0 Å². The number of aryl methyl sites for hydroxylation is 1. The van der Waals surface area contributed by atoms with Gasteiger partial charge in [0.25, 0.3) is 5.91 Å². The molecule has 3 aromatic carbocycles. The molecule has 0 unspecified atom stereocenters. The number of ketones is 1. The van der Waals surface area contributed by atoms with Crippen molar-refractivity contribution in [3.05, 3.63) is 111 Å². The summed E-state index contributed by atoms with van der Waals surface area (Å²) in [5, 5.41) is 7.00. The number of carbonyl (C=O) groups is 2. The molecular weight excluding hydrogens is 512 g/mol. The van der Waals surface area contributed by atoms with Crippen LogP contribution in [0.3, 0.4) is 0 Å². The summed E-state index contributed by atoms with van der Waals surface area (Å²) in [7, 11) is 3.20. The van der Waals surface area contributed by atoms with Crippen LogP contribution in [-0.4, -0.2) is 25.9 Å². The number of Topliss-reactive ketones (excluding diaryl/α,β-unsaturated/α-hetero) is 1. The molecule has 0 aromatic heterocycles. The van der Waals surface area contributed by atoms with E-state index in [1.807, 2.05) is 74.5 Å². The molecule has 3 aromatic rings. The summed E-state index contributed by atoms with van der Waals surface area (Å²) in [5.74, 6) is 0.435. The van der Waals surface area contributed by atoms with Crippen molar-refractivity contribution in [2.75, 3.05) is 19.5 Å². The minimum atomic E-state index is -0.538. The van der Waals surface area contributed by atoms with E-state index < -0.39 is 5.92 Å². The van der Waals surface area contributed by atoms with Crippen molar-refractivity contribution in [1.82, 2.24) is 5.32 Å². The second-order valence-corrected chi connectivity index (χ2v) is 10.4. The number of anilines is 1. The zero-order valence-electron chi connectivity index (χ0n) is 22.4. The van der Waals surface area contributed by atoms with Gasteiger partial charge in [-0.25, -0.2) is 0 Å². The van der Waals surface area contributed by atoms with E-state index in [-0.39, 0.29) is 17.6 Å². The predicted octanol–water partition coefficient (Wildman–Crippen LogP) is 6.67. The molecule has 2 N–H and O–H groups in total. The SMILES string of the molecule is COc1ccc([C@@H]2CC(=O)C3=C(C2)NC(C)=C(C(=O)Nc2ccc(C)cc2)[C@H]3c2cccc(Cl)c2)cc1OC. The summed E-state index contributed by atoms with van der Waals surface area (Å²) < 4.78 is 10.9. The highest BCUT2D eigenvalue weighted by Gasteiger charge is 2.41. The number of carbonyl (C=O) groups excluding carboxylic acids is 2. The fourth-order valence-electron chi connectivity index (χ4n) is 5.54. The number of benzene rings is 3. The molecule has 0 spiro atoms. The first kappa shape index (κ1) is 26.6. The van der Waals surface area contributed by atoms with Crippen LogP contribution in [0.5, 0.6) is 11.5 Å². The summed E-state index contributed by atoms with van der Waals surface area (Å²) in [4.78, 5) is 27.6. The number of amides is 1. The standard InChI is InChI=1S/C32H31ClN2O4/c1-18-8-11-24(12-9-18)35-32(37)29-19(2)34-25-15-22(20-10-13-27(38-3)28(17-20)39-4)16-26(36)31(25)30(29)21-6-5-7-23(33)14-21/h5-14,17,22,30,34H,15-16H2,1-4H3,(H,35,37)/t22-,30+/m0/s1. The summed E-state index contributed by atoms with van der Waals surface area (Å²) in [6, 6.07) is 20.8. The van der Waals surface area contributed by atoms with Crippen LogP contribution in [0, 0.1) is 6.92 Å². The maximum atomic E-state index is 13.9. The Morgan fingerprint density at radius 3 is 2.36 bits per heavy atom. The Morgan fingerprint density at radius 2 is 1.67 bits per heavy atom. The first-order valence-electron chi connectivity index (χ1n) is 12.9. The number of methoxy groups -OCH3 is 2. The van der Waals surface area contributed by atoms with Crippen molar-refractivity contribution in [1.29, 1.82) is 0 Å². The lowest BCUT2D eigenvalue weighted by Crippen LogP contribution is -2.37. The van der Waals surface area contributed by atoms with Crippen LogP contribution in [0.1, 0.15) is 48.3 Å². The lowest BCUT2D eigenvalue weighted by Gasteiger charge is -2.37. The van der Waals surface area contributed by atoms with E-state index >= 15 is 0 Å². The zero-order valence-corrected chi connectivity index (χ0v) is 23.2. The third-order valence-electron chi connectivity index (χ3n) is 7.44.